The van der Waals surface area contributed by atoms with Crippen molar-refractivity contribution in [1.29, 1.82) is 0 Å². The first-order chi connectivity index (χ1) is 7.74. The van der Waals surface area contributed by atoms with E-state index in [1.165, 1.54) is 7.11 Å². The average Bonchev–Trinajstić information content (AvgIpc) is 2.71. The molecule has 0 unspecified atom stereocenters. The lowest BCUT2D eigenvalue weighted by Crippen LogP contribution is -2.01. The van der Waals surface area contributed by atoms with Gasteiger partial charge >= 0.3 is 5.97 Å². The monoisotopic (exact) mass is 329 g/mol. The molecule has 0 aliphatic carbocycles. The number of carbonyl (C=O) groups excluding carboxylic acids is 1. The SMILES string of the molecule is COC(=O)c1onc(-c2ccccc2)c1I. The second-order valence-corrected chi connectivity index (χ2v) is 4.11. The van der Waals surface area contributed by atoms with E-state index >= 15 is 0 Å². The molecule has 0 aliphatic rings. The smallest absolute Gasteiger partial charge is 0.378 e. The van der Waals surface area contributed by atoms with E-state index in [1.807, 2.05) is 52.9 Å². The van der Waals surface area contributed by atoms with Crippen LogP contribution in [0.3, 0.4) is 0 Å². The Kier molecular flexibility index (Phi) is 3.23. The van der Waals surface area contributed by atoms with Crippen LogP contribution in [0.15, 0.2) is 34.9 Å². The van der Waals surface area contributed by atoms with Crippen molar-refractivity contribution in [1.82, 2.24) is 5.16 Å². The lowest BCUT2D eigenvalue weighted by molar-refractivity contribution is 0.0553. The first-order valence-electron chi connectivity index (χ1n) is 4.53. The Morgan fingerprint density at radius 2 is 2.06 bits per heavy atom. The van der Waals surface area contributed by atoms with Crippen LogP contribution < -0.4 is 0 Å². The van der Waals surface area contributed by atoms with Gasteiger partial charge in [0.25, 0.3) is 5.76 Å². The fraction of sp³-hybridized carbons (Fsp3) is 0.0909. The van der Waals surface area contributed by atoms with Crippen molar-refractivity contribution in [3.05, 3.63) is 39.7 Å². The fourth-order valence-corrected chi connectivity index (χ4v) is 2.00. The van der Waals surface area contributed by atoms with Crippen LogP contribution >= 0.6 is 22.6 Å². The summed E-state index contributed by atoms with van der Waals surface area (Å²) in [5.41, 5.74) is 1.56. The van der Waals surface area contributed by atoms with E-state index in [4.69, 9.17) is 4.52 Å². The molecule has 2 aromatic rings. The molecule has 1 aromatic carbocycles. The van der Waals surface area contributed by atoms with Crippen LogP contribution in [-0.4, -0.2) is 18.2 Å². The minimum Gasteiger partial charge on any atom is -0.463 e. The van der Waals surface area contributed by atoms with Crippen LogP contribution in [-0.2, 0) is 4.74 Å². The number of benzene rings is 1. The molecule has 2 rings (SSSR count). The van der Waals surface area contributed by atoms with Gasteiger partial charge in [0.1, 0.15) is 5.69 Å². The molecule has 0 saturated heterocycles. The number of hydrogen-bond acceptors (Lipinski definition) is 4. The minimum atomic E-state index is -0.515. The first-order valence-corrected chi connectivity index (χ1v) is 5.61. The van der Waals surface area contributed by atoms with E-state index < -0.39 is 5.97 Å². The Hall–Kier alpha value is -1.37. The molecular formula is C11H8INO3. The summed E-state index contributed by atoms with van der Waals surface area (Å²) in [5, 5.41) is 3.87. The Morgan fingerprint density at radius 1 is 1.38 bits per heavy atom. The third-order valence-electron chi connectivity index (χ3n) is 2.05. The Bertz CT molecular complexity index is 507. The van der Waals surface area contributed by atoms with E-state index in [2.05, 4.69) is 9.89 Å². The molecule has 0 N–H and O–H groups in total. The molecule has 1 heterocycles. The van der Waals surface area contributed by atoms with Gasteiger partial charge in [0.2, 0.25) is 0 Å². The number of methoxy groups -OCH3 is 1. The number of nitrogens with zero attached hydrogens (tertiary/aromatic N) is 1. The molecule has 0 bridgehead atoms. The molecular weight excluding hydrogens is 321 g/mol. The summed E-state index contributed by atoms with van der Waals surface area (Å²) in [5.74, 6) is -0.374. The van der Waals surface area contributed by atoms with Gasteiger partial charge in [-0.05, 0) is 22.6 Å². The lowest BCUT2D eigenvalue weighted by Gasteiger charge is -1.95. The quantitative estimate of drug-likeness (QED) is 0.628. The van der Waals surface area contributed by atoms with Gasteiger partial charge in [0, 0.05) is 5.56 Å². The first kappa shape index (κ1) is 11.1. The zero-order chi connectivity index (χ0) is 11.5. The maximum absolute atomic E-state index is 11.3. The Morgan fingerprint density at radius 3 is 2.69 bits per heavy atom. The fourth-order valence-electron chi connectivity index (χ4n) is 1.27. The van der Waals surface area contributed by atoms with Crippen LogP contribution in [0, 0.1) is 3.57 Å². The van der Waals surface area contributed by atoms with Gasteiger partial charge in [-0.3, -0.25) is 0 Å². The summed E-state index contributed by atoms with van der Waals surface area (Å²) >= 11 is 2.02. The number of ether oxygens (including phenoxy) is 1. The molecule has 0 fully saturated rings. The highest BCUT2D eigenvalue weighted by Gasteiger charge is 2.21. The van der Waals surface area contributed by atoms with Gasteiger partial charge in [-0.1, -0.05) is 35.5 Å². The van der Waals surface area contributed by atoms with Gasteiger partial charge in [-0.25, -0.2) is 4.79 Å². The normalized spacial score (nSPS) is 10.1. The van der Waals surface area contributed by atoms with E-state index in [1.54, 1.807) is 0 Å². The van der Waals surface area contributed by atoms with Crippen LogP contribution in [0.2, 0.25) is 0 Å². The third-order valence-corrected chi connectivity index (χ3v) is 3.05. The van der Waals surface area contributed by atoms with Crippen LogP contribution in [0.25, 0.3) is 11.3 Å². The number of carbonyl (C=O) groups is 1. The molecule has 4 nitrogen and oxygen atoms in total. The largest absolute Gasteiger partial charge is 0.463 e. The van der Waals surface area contributed by atoms with Crippen LogP contribution in [0.1, 0.15) is 10.6 Å². The predicted octanol–water partition coefficient (Wildman–Crippen LogP) is 2.73. The summed E-state index contributed by atoms with van der Waals surface area (Å²) in [6.45, 7) is 0. The van der Waals surface area contributed by atoms with Gasteiger partial charge in [-0.2, -0.15) is 0 Å². The third kappa shape index (κ3) is 1.95. The van der Waals surface area contributed by atoms with E-state index in [9.17, 15) is 4.79 Å². The highest BCUT2D eigenvalue weighted by molar-refractivity contribution is 14.1. The summed E-state index contributed by atoms with van der Waals surface area (Å²) < 4.78 is 10.2. The molecule has 0 aliphatic heterocycles. The Labute approximate surface area is 106 Å². The molecule has 16 heavy (non-hydrogen) atoms. The second kappa shape index (κ2) is 4.65. The van der Waals surface area contributed by atoms with Gasteiger partial charge in [-0.15, -0.1) is 0 Å². The molecule has 0 amide bonds. The number of rotatable bonds is 2. The summed E-state index contributed by atoms with van der Waals surface area (Å²) in [7, 11) is 1.31. The zero-order valence-corrected chi connectivity index (χ0v) is 10.6. The van der Waals surface area contributed by atoms with Gasteiger partial charge in [0.05, 0.1) is 10.7 Å². The minimum absolute atomic E-state index is 0.141. The topological polar surface area (TPSA) is 52.3 Å². The van der Waals surface area contributed by atoms with Gasteiger partial charge < -0.3 is 9.26 Å². The van der Waals surface area contributed by atoms with Crippen molar-refractivity contribution in [3.8, 4) is 11.3 Å². The highest BCUT2D eigenvalue weighted by Crippen LogP contribution is 2.26. The number of esters is 1. The predicted molar refractivity (Wildman–Crippen MR) is 66.0 cm³/mol. The maximum Gasteiger partial charge on any atom is 0.378 e. The van der Waals surface area contributed by atoms with Crippen LogP contribution in [0.4, 0.5) is 0 Å². The molecule has 5 heteroatoms. The van der Waals surface area contributed by atoms with E-state index in [0.717, 1.165) is 5.56 Å². The van der Waals surface area contributed by atoms with Crippen molar-refractivity contribution in [2.45, 2.75) is 0 Å². The average molecular weight is 329 g/mol. The molecule has 0 atom stereocenters. The summed E-state index contributed by atoms with van der Waals surface area (Å²) in [6.07, 6.45) is 0. The van der Waals surface area contributed by atoms with Crippen LogP contribution in [0.5, 0.6) is 0 Å². The van der Waals surface area contributed by atoms with Crippen molar-refractivity contribution in [3.63, 3.8) is 0 Å². The highest BCUT2D eigenvalue weighted by atomic mass is 127. The summed E-state index contributed by atoms with van der Waals surface area (Å²) in [6, 6.07) is 9.52. The lowest BCUT2D eigenvalue weighted by atomic mass is 10.1. The van der Waals surface area contributed by atoms with Crippen molar-refractivity contribution in [2.75, 3.05) is 7.11 Å². The molecule has 0 spiro atoms. The Balaban J connectivity index is 2.45. The van der Waals surface area contributed by atoms with E-state index in [-0.39, 0.29) is 5.76 Å². The summed E-state index contributed by atoms with van der Waals surface area (Å²) in [4.78, 5) is 11.3. The van der Waals surface area contributed by atoms with Gasteiger partial charge in [0.15, 0.2) is 0 Å². The number of hydrogen-bond donors (Lipinski definition) is 0. The number of halogens is 1. The van der Waals surface area contributed by atoms with Crippen molar-refractivity contribution in [2.24, 2.45) is 0 Å². The number of aromatic nitrogens is 1. The molecule has 82 valence electrons. The molecule has 0 radical (unpaired) electrons. The maximum atomic E-state index is 11.3. The molecule has 1 aromatic heterocycles. The zero-order valence-electron chi connectivity index (χ0n) is 8.44. The van der Waals surface area contributed by atoms with Crippen molar-refractivity contribution < 1.29 is 14.1 Å². The standard InChI is InChI=1S/C11H8INO3/c1-15-11(14)10-8(12)9(13-16-10)7-5-3-2-4-6-7/h2-6H,1H3. The van der Waals surface area contributed by atoms with Crippen molar-refractivity contribution >= 4 is 28.6 Å². The second-order valence-electron chi connectivity index (χ2n) is 3.03. The van der Waals surface area contributed by atoms with E-state index in [0.29, 0.717) is 9.26 Å². The molecule has 0 saturated carbocycles.